The van der Waals surface area contributed by atoms with E-state index in [1.165, 1.54) is 23.2 Å². The molecule has 1 aromatic heterocycles. The van der Waals surface area contributed by atoms with Crippen LogP contribution >= 0.6 is 0 Å². The minimum atomic E-state index is -4.14. The summed E-state index contributed by atoms with van der Waals surface area (Å²) in [5, 5.41) is 9.13. The average Bonchev–Trinajstić information content (AvgIpc) is 3.46. The molecule has 0 aliphatic heterocycles. The number of hydrogen-bond donors (Lipinski definition) is 2. The lowest BCUT2D eigenvalue weighted by atomic mass is 10.2. The Morgan fingerprint density at radius 3 is 2.64 bits per heavy atom. The summed E-state index contributed by atoms with van der Waals surface area (Å²) in [5.41, 5.74) is 0. The third-order valence-electron chi connectivity index (χ3n) is 4.05. The number of ether oxygens (including phenoxy) is 1. The Morgan fingerprint density at radius 1 is 1.39 bits per heavy atom. The number of nitrogens with zero attached hydrogens (tertiary/aromatic N) is 2. The van der Waals surface area contributed by atoms with Crippen molar-refractivity contribution in [3.63, 3.8) is 0 Å². The number of pyridine rings is 1. The number of aliphatic carboxylic acids is 1. The van der Waals surface area contributed by atoms with E-state index in [2.05, 4.69) is 9.71 Å². The molecule has 10 nitrogen and oxygen atoms in total. The standard InChI is InChI=1S/C17H23N3O7S/c1-2-27-16(23)7-9-20(12-5-6-12)17(24)14(10-15(21)22)19-28(25,26)13-4-3-8-18-11-13/h3-4,8,11-12,14,19H,2,5-7,9-10H2,1H3,(H,21,22)/t14-/m0/s1. The maximum Gasteiger partial charge on any atom is 0.307 e. The van der Waals surface area contributed by atoms with Crippen molar-refractivity contribution in [2.45, 2.75) is 49.6 Å². The van der Waals surface area contributed by atoms with Gasteiger partial charge in [-0.3, -0.25) is 19.4 Å². The molecule has 0 radical (unpaired) electrons. The molecular formula is C17H23N3O7S. The number of nitrogens with one attached hydrogen (secondary N) is 1. The second-order valence-electron chi connectivity index (χ2n) is 6.28. The fraction of sp³-hybridized carbons (Fsp3) is 0.529. The summed E-state index contributed by atoms with van der Waals surface area (Å²) in [6, 6.07) is 1.07. The molecule has 0 unspecified atom stereocenters. The van der Waals surface area contributed by atoms with E-state index in [0.29, 0.717) is 12.8 Å². The van der Waals surface area contributed by atoms with E-state index in [1.54, 1.807) is 6.92 Å². The maximum atomic E-state index is 12.9. The summed E-state index contributed by atoms with van der Waals surface area (Å²) in [6.07, 6.45) is 3.15. The molecule has 1 atom stereocenters. The molecule has 1 amide bonds. The first-order chi connectivity index (χ1) is 13.2. The lowest BCUT2D eigenvalue weighted by Crippen LogP contribution is -2.50. The van der Waals surface area contributed by atoms with Crippen molar-refractivity contribution >= 4 is 27.9 Å². The number of esters is 1. The highest BCUT2D eigenvalue weighted by molar-refractivity contribution is 7.89. The quantitative estimate of drug-likeness (QED) is 0.488. The largest absolute Gasteiger partial charge is 0.481 e. The molecule has 28 heavy (non-hydrogen) atoms. The molecule has 0 saturated heterocycles. The zero-order chi connectivity index (χ0) is 20.7. The topological polar surface area (TPSA) is 143 Å². The number of carboxylic acid groups (broad SMARTS) is 1. The van der Waals surface area contributed by atoms with Gasteiger partial charge in [0.25, 0.3) is 0 Å². The molecule has 0 bridgehead atoms. The van der Waals surface area contributed by atoms with Gasteiger partial charge in [-0.05, 0) is 31.9 Å². The smallest absolute Gasteiger partial charge is 0.307 e. The Bertz CT molecular complexity index is 809. The molecule has 0 aromatic carbocycles. The van der Waals surface area contributed by atoms with E-state index in [0.717, 1.165) is 6.20 Å². The molecule has 11 heteroatoms. The Kier molecular flexibility index (Phi) is 7.46. The maximum absolute atomic E-state index is 12.9. The van der Waals surface area contributed by atoms with Crippen molar-refractivity contribution in [2.24, 2.45) is 0 Å². The van der Waals surface area contributed by atoms with Gasteiger partial charge in [0.2, 0.25) is 15.9 Å². The molecule has 0 spiro atoms. The van der Waals surface area contributed by atoms with Gasteiger partial charge in [-0.1, -0.05) is 0 Å². The number of amides is 1. The van der Waals surface area contributed by atoms with E-state index < -0.39 is 40.3 Å². The van der Waals surface area contributed by atoms with Gasteiger partial charge < -0.3 is 14.7 Å². The SMILES string of the molecule is CCOC(=O)CCN(C(=O)[C@H](CC(=O)O)NS(=O)(=O)c1cccnc1)C1CC1. The first kappa shape index (κ1) is 21.8. The van der Waals surface area contributed by atoms with E-state index >= 15 is 0 Å². The minimum Gasteiger partial charge on any atom is -0.481 e. The molecule has 1 saturated carbocycles. The molecule has 1 aliphatic rings. The van der Waals surface area contributed by atoms with Crippen LogP contribution in [0.15, 0.2) is 29.4 Å². The minimum absolute atomic E-state index is 0.0348. The van der Waals surface area contributed by atoms with E-state index in [9.17, 15) is 22.8 Å². The van der Waals surface area contributed by atoms with Crippen LogP contribution in [0.4, 0.5) is 0 Å². The van der Waals surface area contributed by atoms with Crippen LogP contribution in [0.25, 0.3) is 0 Å². The Balaban J connectivity index is 2.16. The highest BCUT2D eigenvalue weighted by atomic mass is 32.2. The van der Waals surface area contributed by atoms with Crippen molar-refractivity contribution in [3.8, 4) is 0 Å². The van der Waals surface area contributed by atoms with Gasteiger partial charge in [-0.15, -0.1) is 0 Å². The average molecular weight is 413 g/mol. The Labute approximate surface area is 162 Å². The van der Waals surface area contributed by atoms with Gasteiger partial charge in [0.1, 0.15) is 10.9 Å². The first-order valence-electron chi connectivity index (χ1n) is 8.85. The molecule has 2 N–H and O–H groups in total. The van der Waals surface area contributed by atoms with Crippen LogP contribution < -0.4 is 4.72 Å². The zero-order valence-electron chi connectivity index (χ0n) is 15.4. The van der Waals surface area contributed by atoms with E-state index in [4.69, 9.17) is 9.84 Å². The number of carboxylic acids is 1. The van der Waals surface area contributed by atoms with Crippen LogP contribution in [0.5, 0.6) is 0 Å². The molecule has 1 heterocycles. The number of carbonyl (C=O) groups excluding carboxylic acids is 2. The van der Waals surface area contributed by atoms with Gasteiger partial charge >= 0.3 is 11.9 Å². The van der Waals surface area contributed by atoms with Crippen molar-refractivity contribution < 1.29 is 32.6 Å². The lowest BCUT2D eigenvalue weighted by molar-refractivity contribution is -0.146. The summed E-state index contributed by atoms with van der Waals surface area (Å²) in [7, 11) is -4.14. The van der Waals surface area contributed by atoms with Crippen LogP contribution in [0.3, 0.4) is 0 Å². The highest BCUT2D eigenvalue weighted by Crippen LogP contribution is 2.28. The Hall–Kier alpha value is -2.53. The predicted octanol–water partition coefficient (Wildman–Crippen LogP) is 0.147. The zero-order valence-corrected chi connectivity index (χ0v) is 16.2. The third-order valence-corrected chi connectivity index (χ3v) is 5.51. The molecule has 1 aromatic rings. The summed E-state index contributed by atoms with van der Waals surface area (Å²) in [6.45, 7) is 1.91. The van der Waals surface area contributed by atoms with Gasteiger partial charge in [0.15, 0.2) is 0 Å². The second-order valence-corrected chi connectivity index (χ2v) is 7.99. The van der Waals surface area contributed by atoms with Crippen LogP contribution in [0.1, 0.15) is 32.6 Å². The number of aromatic nitrogens is 1. The van der Waals surface area contributed by atoms with Crippen molar-refractivity contribution in [1.29, 1.82) is 0 Å². The molecule has 1 aliphatic carbocycles. The molecule has 154 valence electrons. The molecule has 1 fully saturated rings. The van der Waals surface area contributed by atoms with Gasteiger partial charge in [0.05, 0.1) is 19.4 Å². The second kappa shape index (κ2) is 9.60. The normalized spacial score (nSPS) is 14.9. The van der Waals surface area contributed by atoms with Crippen molar-refractivity contribution in [2.75, 3.05) is 13.2 Å². The summed E-state index contributed by atoms with van der Waals surface area (Å²) < 4.78 is 32.0. The summed E-state index contributed by atoms with van der Waals surface area (Å²) in [5.74, 6) is -2.48. The Morgan fingerprint density at radius 2 is 2.11 bits per heavy atom. The summed E-state index contributed by atoms with van der Waals surface area (Å²) in [4.78, 5) is 40.6. The van der Waals surface area contributed by atoms with Crippen LogP contribution in [0.2, 0.25) is 0 Å². The fourth-order valence-corrected chi connectivity index (χ4v) is 3.77. The van der Waals surface area contributed by atoms with Crippen LogP contribution in [-0.4, -0.2) is 66.5 Å². The van der Waals surface area contributed by atoms with Crippen molar-refractivity contribution in [1.82, 2.24) is 14.6 Å². The van der Waals surface area contributed by atoms with Crippen LogP contribution in [0, 0.1) is 0 Å². The predicted molar refractivity (Wildman–Crippen MR) is 96.6 cm³/mol. The van der Waals surface area contributed by atoms with Gasteiger partial charge in [-0.2, -0.15) is 4.72 Å². The highest BCUT2D eigenvalue weighted by Gasteiger charge is 2.38. The number of sulfonamides is 1. The number of carbonyl (C=O) groups is 3. The fourth-order valence-electron chi connectivity index (χ4n) is 2.62. The van der Waals surface area contributed by atoms with Gasteiger partial charge in [-0.25, -0.2) is 8.42 Å². The molecule has 2 rings (SSSR count). The number of hydrogen-bond acceptors (Lipinski definition) is 7. The summed E-state index contributed by atoms with van der Waals surface area (Å²) >= 11 is 0. The van der Waals surface area contributed by atoms with E-state index in [1.807, 2.05) is 0 Å². The van der Waals surface area contributed by atoms with Crippen molar-refractivity contribution in [3.05, 3.63) is 24.5 Å². The van der Waals surface area contributed by atoms with Gasteiger partial charge in [0, 0.05) is 25.0 Å². The van der Waals surface area contributed by atoms with Crippen LogP contribution in [-0.2, 0) is 29.1 Å². The monoisotopic (exact) mass is 413 g/mol. The first-order valence-corrected chi connectivity index (χ1v) is 10.3. The number of rotatable bonds is 11. The third kappa shape index (κ3) is 6.27. The molecular weight excluding hydrogens is 390 g/mol. The van der Waals surface area contributed by atoms with E-state index in [-0.39, 0.29) is 30.5 Å². The lowest BCUT2D eigenvalue weighted by Gasteiger charge is -2.27.